The van der Waals surface area contributed by atoms with Gasteiger partial charge in [-0.15, -0.1) is 0 Å². The Bertz CT molecular complexity index is 1380. The Labute approximate surface area is 193 Å². The summed E-state index contributed by atoms with van der Waals surface area (Å²) in [6.45, 7) is 4.79. The number of Topliss-reactive ketones (excluding diaryl/α,β-unsaturated/α-hetero) is 1. The van der Waals surface area contributed by atoms with Crippen LogP contribution >= 0.6 is 0 Å². The first-order valence-electron chi connectivity index (χ1n) is 11.2. The van der Waals surface area contributed by atoms with Crippen molar-refractivity contribution in [3.8, 4) is 0 Å². The first-order valence-corrected chi connectivity index (χ1v) is 11.2. The van der Waals surface area contributed by atoms with E-state index in [0.29, 0.717) is 23.1 Å². The van der Waals surface area contributed by atoms with Crippen molar-refractivity contribution in [1.82, 2.24) is 4.57 Å². The minimum atomic E-state index is -0.310. The summed E-state index contributed by atoms with van der Waals surface area (Å²) >= 11 is 0. The lowest BCUT2D eigenvalue weighted by Crippen LogP contribution is -2.04. The molecular formula is C28H27NO4. The molecule has 168 valence electrons. The Hall–Kier alpha value is -3.73. The summed E-state index contributed by atoms with van der Waals surface area (Å²) in [6, 6.07) is 19.1. The van der Waals surface area contributed by atoms with E-state index in [-0.39, 0.29) is 30.4 Å². The van der Waals surface area contributed by atoms with Gasteiger partial charge in [-0.2, -0.15) is 0 Å². The molecule has 0 fully saturated rings. The summed E-state index contributed by atoms with van der Waals surface area (Å²) in [6.07, 6.45) is 0.962. The highest BCUT2D eigenvalue weighted by Crippen LogP contribution is 2.32. The molecule has 3 aromatic carbocycles. The summed E-state index contributed by atoms with van der Waals surface area (Å²) in [7, 11) is 1.35. The molecular weight excluding hydrogens is 414 g/mol. The van der Waals surface area contributed by atoms with Crippen molar-refractivity contribution >= 4 is 39.3 Å². The quantitative estimate of drug-likeness (QED) is 0.253. The third-order valence-corrected chi connectivity index (χ3v) is 6.17. The van der Waals surface area contributed by atoms with Crippen molar-refractivity contribution in [2.24, 2.45) is 0 Å². The van der Waals surface area contributed by atoms with E-state index in [1.807, 2.05) is 67.6 Å². The number of carbonyl (C=O) groups is 3. The van der Waals surface area contributed by atoms with E-state index < -0.39 is 0 Å². The number of aromatic nitrogens is 1. The number of benzene rings is 3. The summed E-state index contributed by atoms with van der Waals surface area (Å²) in [4.78, 5) is 37.3. The Morgan fingerprint density at radius 1 is 0.848 bits per heavy atom. The van der Waals surface area contributed by atoms with Crippen LogP contribution in [0.25, 0.3) is 21.8 Å². The average Bonchev–Trinajstić information content (AvgIpc) is 3.15. The second-order valence-corrected chi connectivity index (χ2v) is 8.21. The molecule has 5 heteroatoms. The fourth-order valence-electron chi connectivity index (χ4n) is 4.38. The number of esters is 1. The molecule has 4 rings (SSSR count). The molecule has 0 aliphatic rings. The maximum Gasteiger partial charge on any atom is 0.305 e. The van der Waals surface area contributed by atoms with Crippen LogP contribution in [0, 0.1) is 6.92 Å². The Kier molecular flexibility index (Phi) is 6.40. The van der Waals surface area contributed by atoms with E-state index in [1.165, 1.54) is 7.11 Å². The maximum absolute atomic E-state index is 13.2. The molecule has 0 amide bonds. The van der Waals surface area contributed by atoms with Crippen molar-refractivity contribution in [1.29, 1.82) is 0 Å². The van der Waals surface area contributed by atoms with Gasteiger partial charge in [-0.05, 0) is 62.2 Å². The standard InChI is InChI=1S/C28H27NO4/c1-4-29-24-14-12-19(26(30)10-7-11-27(31)33-3)16-22(24)23-17-20(13-15-25(23)29)28(32)21-9-6-5-8-18(21)2/h5-6,8-9,12-17H,4,7,10-11H2,1-3H3. The molecule has 0 atom stereocenters. The van der Waals surface area contributed by atoms with Crippen LogP contribution < -0.4 is 0 Å². The van der Waals surface area contributed by atoms with Crippen molar-refractivity contribution in [2.75, 3.05) is 7.11 Å². The van der Waals surface area contributed by atoms with E-state index in [0.717, 1.165) is 33.9 Å². The van der Waals surface area contributed by atoms with E-state index in [4.69, 9.17) is 0 Å². The number of methoxy groups -OCH3 is 1. The minimum absolute atomic E-state index is 0.00894. The molecule has 0 radical (unpaired) electrons. The second-order valence-electron chi connectivity index (χ2n) is 8.21. The van der Waals surface area contributed by atoms with Crippen LogP contribution in [-0.4, -0.2) is 29.2 Å². The number of hydrogen-bond donors (Lipinski definition) is 0. The third-order valence-electron chi connectivity index (χ3n) is 6.17. The number of aryl methyl sites for hydroxylation is 2. The lowest BCUT2D eigenvalue weighted by Gasteiger charge is -2.06. The van der Waals surface area contributed by atoms with Crippen LogP contribution in [-0.2, 0) is 16.1 Å². The van der Waals surface area contributed by atoms with Crippen molar-refractivity contribution in [3.05, 3.63) is 82.9 Å². The third kappa shape index (κ3) is 4.31. The molecule has 33 heavy (non-hydrogen) atoms. The van der Waals surface area contributed by atoms with Gasteiger partial charge < -0.3 is 9.30 Å². The molecule has 4 aromatic rings. The van der Waals surface area contributed by atoms with Gasteiger partial charge in [-0.25, -0.2) is 0 Å². The Morgan fingerprint density at radius 3 is 2.12 bits per heavy atom. The van der Waals surface area contributed by atoms with E-state index in [9.17, 15) is 14.4 Å². The van der Waals surface area contributed by atoms with Gasteiger partial charge in [-0.3, -0.25) is 14.4 Å². The summed E-state index contributed by atoms with van der Waals surface area (Å²) < 4.78 is 6.84. The molecule has 0 bridgehead atoms. The molecule has 1 aromatic heterocycles. The first-order chi connectivity index (χ1) is 15.9. The molecule has 0 saturated heterocycles. The topological polar surface area (TPSA) is 65.4 Å². The lowest BCUT2D eigenvalue weighted by atomic mass is 9.97. The van der Waals surface area contributed by atoms with Crippen molar-refractivity contribution in [3.63, 3.8) is 0 Å². The SMILES string of the molecule is CCn1c2ccc(C(=O)CCCC(=O)OC)cc2c2cc(C(=O)c3ccccc3C)ccc21. The molecule has 0 unspecified atom stereocenters. The number of nitrogens with zero attached hydrogens (tertiary/aromatic N) is 1. The Morgan fingerprint density at radius 2 is 1.48 bits per heavy atom. The average molecular weight is 442 g/mol. The highest BCUT2D eigenvalue weighted by atomic mass is 16.5. The largest absolute Gasteiger partial charge is 0.469 e. The first kappa shape index (κ1) is 22.5. The minimum Gasteiger partial charge on any atom is -0.469 e. The molecule has 1 heterocycles. The van der Waals surface area contributed by atoms with Crippen LogP contribution in [0.2, 0.25) is 0 Å². The molecule has 5 nitrogen and oxygen atoms in total. The predicted molar refractivity (Wildman–Crippen MR) is 130 cm³/mol. The smallest absolute Gasteiger partial charge is 0.305 e. The fourth-order valence-corrected chi connectivity index (χ4v) is 4.38. The van der Waals surface area contributed by atoms with Gasteiger partial charge in [0.2, 0.25) is 0 Å². The highest BCUT2D eigenvalue weighted by molar-refractivity contribution is 6.16. The van der Waals surface area contributed by atoms with Gasteiger partial charge in [0.15, 0.2) is 11.6 Å². The number of carbonyl (C=O) groups excluding carboxylic acids is 3. The number of rotatable bonds is 8. The van der Waals surface area contributed by atoms with Gasteiger partial charge in [0, 0.05) is 57.9 Å². The fraction of sp³-hybridized carbons (Fsp3) is 0.250. The van der Waals surface area contributed by atoms with Gasteiger partial charge in [-0.1, -0.05) is 24.3 Å². The number of hydrogen-bond acceptors (Lipinski definition) is 4. The summed E-state index contributed by atoms with van der Waals surface area (Å²) in [5.41, 5.74) is 4.93. The predicted octanol–water partition coefficient (Wildman–Crippen LogP) is 5.88. The lowest BCUT2D eigenvalue weighted by molar-refractivity contribution is -0.140. The van der Waals surface area contributed by atoms with Gasteiger partial charge in [0.25, 0.3) is 0 Å². The van der Waals surface area contributed by atoms with Gasteiger partial charge in [0.05, 0.1) is 7.11 Å². The Balaban J connectivity index is 1.75. The van der Waals surface area contributed by atoms with Crippen LogP contribution in [0.4, 0.5) is 0 Å². The summed E-state index contributed by atoms with van der Waals surface area (Å²) in [5, 5.41) is 1.90. The molecule has 0 aliphatic heterocycles. The van der Waals surface area contributed by atoms with E-state index in [1.54, 1.807) is 0 Å². The number of ether oxygens (including phenoxy) is 1. The number of ketones is 2. The van der Waals surface area contributed by atoms with Crippen LogP contribution in [0.5, 0.6) is 0 Å². The van der Waals surface area contributed by atoms with Gasteiger partial charge >= 0.3 is 5.97 Å². The van der Waals surface area contributed by atoms with Crippen LogP contribution in [0.3, 0.4) is 0 Å². The highest BCUT2D eigenvalue weighted by Gasteiger charge is 2.17. The molecule has 0 N–H and O–H groups in total. The van der Waals surface area contributed by atoms with E-state index in [2.05, 4.69) is 16.2 Å². The zero-order chi connectivity index (χ0) is 23.5. The second kappa shape index (κ2) is 9.41. The molecule has 0 aliphatic carbocycles. The number of fused-ring (bicyclic) bond motifs is 3. The van der Waals surface area contributed by atoms with Crippen LogP contribution in [0.1, 0.15) is 58.0 Å². The summed E-state index contributed by atoms with van der Waals surface area (Å²) in [5.74, 6) is -0.331. The zero-order valence-electron chi connectivity index (χ0n) is 19.2. The maximum atomic E-state index is 13.2. The zero-order valence-corrected chi connectivity index (χ0v) is 19.2. The van der Waals surface area contributed by atoms with Gasteiger partial charge in [0.1, 0.15) is 0 Å². The van der Waals surface area contributed by atoms with Crippen molar-refractivity contribution in [2.45, 2.75) is 39.7 Å². The van der Waals surface area contributed by atoms with Crippen LogP contribution in [0.15, 0.2) is 60.7 Å². The molecule has 0 saturated carbocycles. The molecule has 0 spiro atoms. The van der Waals surface area contributed by atoms with E-state index >= 15 is 0 Å². The van der Waals surface area contributed by atoms with Crippen molar-refractivity contribution < 1.29 is 19.1 Å². The normalized spacial score (nSPS) is 11.1. The monoisotopic (exact) mass is 441 g/mol.